The summed E-state index contributed by atoms with van der Waals surface area (Å²) in [6, 6.07) is 3.98. The Hall–Kier alpha value is -2.00. The van der Waals surface area contributed by atoms with Crippen molar-refractivity contribution in [3.63, 3.8) is 0 Å². The molecule has 0 atom stereocenters. The smallest absolute Gasteiger partial charge is 0.306 e. The lowest BCUT2D eigenvalue weighted by molar-refractivity contribution is 0.502. The van der Waals surface area contributed by atoms with Gasteiger partial charge in [0.25, 0.3) is 0 Å². The summed E-state index contributed by atoms with van der Waals surface area (Å²) < 4.78 is 27.1. The molecule has 0 unspecified atom stereocenters. The molecular weight excluding hydrogens is 318 g/mol. The second kappa shape index (κ2) is 5.41. The van der Waals surface area contributed by atoms with E-state index < -0.39 is 11.6 Å². The van der Waals surface area contributed by atoms with Crippen LogP contribution in [0.1, 0.15) is 5.56 Å². The molecule has 0 fully saturated rings. The molecular formula is C12H8F2N4OS2. The number of halogens is 2. The highest BCUT2D eigenvalue weighted by atomic mass is 32.2. The number of fused-ring (bicyclic) bond motifs is 1. The number of aromatic amines is 1. The third kappa shape index (κ3) is 2.74. The van der Waals surface area contributed by atoms with Gasteiger partial charge in [0.05, 0.1) is 0 Å². The minimum Gasteiger partial charge on any atom is -0.382 e. The SMILES string of the molecule is Nc1nc(SCc2cccc(F)c2F)nc2[nH]c(=O)sc12. The molecule has 5 nitrogen and oxygen atoms in total. The minimum absolute atomic E-state index is 0.156. The van der Waals surface area contributed by atoms with Crippen LogP contribution in [-0.2, 0) is 5.75 Å². The van der Waals surface area contributed by atoms with Gasteiger partial charge in [-0.15, -0.1) is 0 Å². The van der Waals surface area contributed by atoms with Crippen LogP contribution in [0.3, 0.4) is 0 Å². The number of thioether (sulfide) groups is 1. The van der Waals surface area contributed by atoms with Crippen molar-refractivity contribution in [3.8, 4) is 0 Å². The first-order chi connectivity index (χ1) is 10.0. The number of hydrogen-bond acceptors (Lipinski definition) is 6. The second-order valence-corrected chi connectivity index (χ2v) is 6.01. The largest absolute Gasteiger partial charge is 0.382 e. The van der Waals surface area contributed by atoms with E-state index in [9.17, 15) is 13.6 Å². The van der Waals surface area contributed by atoms with Gasteiger partial charge in [0, 0.05) is 11.3 Å². The monoisotopic (exact) mass is 326 g/mol. The van der Waals surface area contributed by atoms with E-state index in [0.29, 0.717) is 10.3 Å². The van der Waals surface area contributed by atoms with Crippen molar-refractivity contribution < 1.29 is 8.78 Å². The standard InChI is InChI=1S/C12H8F2N4OS2/c13-6-3-1-2-5(7(6)14)4-20-11-16-9(15)8-10(17-11)18-12(19)21-8/h1-3H,4H2,(H3,15,16,17,18,19). The molecule has 3 rings (SSSR count). The highest BCUT2D eigenvalue weighted by Crippen LogP contribution is 2.26. The number of benzene rings is 1. The predicted octanol–water partition coefficient (Wildman–Crippen LogP) is 2.53. The zero-order valence-electron chi connectivity index (χ0n) is 10.4. The van der Waals surface area contributed by atoms with Crippen molar-refractivity contribution in [2.75, 3.05) is 5.73 Å². The zero-order valence-corrected chi connectivity index (χ0v) is 12.0. The van der Waals surface area contributed by atoms with Crippen LogP contribution in [0, 0.1) is 11.6 Å². The maximum absolute atomic E-state index is 13.5. The molecule has 0 aliphatic rings. The summed E-state index contributed by atoms with van der Waals surface area (Å²) in [6.07, 6.45) is 0. The third-order valence-corrected chi connectivity index (χ3v) is 4.47. The van der Waals surface area contributed by atoms with Crippen LogP contribution in [0.25, 0.3) is 10.3 Å². The number of rotatable bonds is 3. The molecule has 0 spiro atoms. The highest BCUT2D eigenvalue weighted by molar-refractivity contribution is 7.98. The molecule has 21 heavy (non-hydrogen) atoms. The van der Waals surface area contributed by atoms with E-state index in [1.165, 1.54) is 12.1 Å². The third-order valence-electron chi connectivity index (χ3n) is 2.67. The molecule has 0 bridgehead atoms. The lowest BCUT2D eigenvalue weighted by Gasteiger charge is -2.04. The predicted molar refractivity (Wildman–Crippen MR) is 78.4 cm³/mol. The minimum atomic E-state index is -0.897. The summed E-state index contributed by atoms with van der Waals surface area (Å²) in [5.74, 6) is -1.44. The van der Waals surface area contributed by atoms with Crippen molar-refractivity contribution in [3.05, 3.63) is 45.1 Å². The molecule has 1 aromatic carbocycles. The van der Waals surface area contributed by atoms with E-state index >= 15 is 0 Å². The van der Waals surface area contributed by atoms with Crippen molar-refractivity contribution >= 4 is 39.3 Å². The van der Waals surface area contributed by atoms with E-state index in [1.54, 1.807) is 0 Å². The number of H-pyrrole nitrogens is 1. The molecule has 0 saturated heterocycles. The summed E-state index contributed by atoms with van der Waals surface area (Å²) in [5.41, 5.74) is 6.30. The van der Waals surface area contributed by atoms with Gasteiger partial charge < -0.3 is 5.73 Å². The number of aromatic nitrogens is 3. The Morgan fingerprint density at radius 3 is 2.95 bits per heavy atom. The molecule has 0 aliphatic carbocycles. The number of nitrogens with one attached hydrogen (secondary N) is 1. The van der Waals surface area contributed by atoms with Crippen LogP contribution in [0.15, 0.2) is 28.2 Å². The molecule has 2 aromatic heterocycles. The second-order valence-electron chi connectivity index (χ2n) is 4.09. The summed E-state index contributed by atoms with van der Waals surface area (Å²) in [5, 5.41) is 0.290. The highest BCUT2D eigenvalue weighted by Gasteiger charge is 2.12. The van der Waals surface area contributed by atoms with Gasteiger partial charge in [-0.2, -0.15) is 0 Å². The molecule has 2 heterocycles. The van der Waals surface area contributed by atoms with Gasteiger partial charge in [-0.05, 0) is 6.07 Å². The number of hydrogen-bond donors (Lipinski definition) is 2. The van der Waals surface area contributed by atoms with Gasteiger partial charge in [-0.1, -0.05) is 35.2 Å². The number of anilines is 1. The van der Waals surface area contributed by atoms with Crippen molar-refractivity contribution in [2.24, 2.45) is 0 Å². The Balaban J connectivity index is 1.88. The lowest BCUT2D eigenvalue weighted by Crippen LogP contribution is -1.97. The van der Waals surface area contributed by atoms with E-state index in [4.69, 9.17) is 5.73 Å². The summed E-state index contributed by atoms with van der Waals surface area (Å²) in [4.78, 5) is 21.7. The molecule has 108 valence electrons. The molecule has 0 amide bonds. The molecule has 9 heteroatoms. The first-order valence-corrected chi connectivity index (χ1v) is 7.57. The normalized spacial score (nSPS) is 11.1. The zero-order chi connectivity index (χ0) is 15.0. The van der Waals surface area contributed by atoms with Crippen LogP contribution in [-0.4, -0.2) is 15.0 Å². The summed E-state index contributed by atoms with van der Waals surface area (Å²) in [7, 11) is 0. The maximum atomic E-state index is 13.5. The molecule has 3 N–H and O–H groups in total. The van der Waals surface area contributed by atoms with Crippen molar-refractivity contribution in [1.29, 1.82) is 0 Å². The van der Waals surface area contributed by atoms with E-state index in [1.807, 2.05) is 0 Å². The number of nitrogen functional groups attached to an aromatic ring is 1. The van der Waals surface area contributed by atoms with E-state index in [-0.39, 0.29) is 27.2 Å². The number of thiazole rings is 1. The average Bonchev–Trinajstić information content (AvgIpc) is 2.81. The Kier molecular flexibility index (Phi) is 3.60. The molecule has 0 saturated carbocycles. The summed E-state index contributed by atoms with van der Waals surface area (Å²) in [6.45, 7) is 0. The average molecular weight is 326 g/mol. The Labute approximate surface area is 125 Å². The fourth-order valence-corrected chi connectivity index (χ4v) is 3.22. The maximum Gasteiger partial charge on any atom is 0.306 e. The van der Waals surface area contributed by atoms with Crippen LogP contribution >= 0.6 is 23.1 Å². The topological polar surface area (TPSA) is 84.7 Å². The van der Waals surface area contributed by atoms with Gasteiger partial charge in [0.1, 0.15) is 10.5 Å². The fourth-order valence-electron chi connectivity index (χ4n) is 1.71. The Morgan fingerprint density at radius 1 is 1.33 bits per heavy atom. The van der Waals surface area contributed by atoms with E-state index in [0.717, 1.165) is 29.2 Å². The van der Waals surface area contributed by atoms with Gasteiger partial charge >= 0.3 is 4.87 Å². The van der Waals surface area contributed by atoms with Gasteiger partial charge in [0.2, 0.25) is 0 Å². The van der Waals surface area contributed by atoms with Gasteiger partial charge in [-0.25, -0.2) is 18.7 Å². The lowest BCUT2D eigenvalue weighted by atomic mass is 10.2. The van der Waals surface area contributed by atoms with Crippen molar-refractivity contribution in [2.45, 2.75) is 10.9 Å². The van der Waals surface area contributed by atoms with Crippen LogP contribution < -0.4 is 10.6 Å². The van der Waals surface area contributed by atoms with Gasteiger partial charge in [0.15, 0.2) is 22.4 Å². The van der Waals surface area contributed by atoms with Crippen LogP contribution in [0.5, 0.6) is 0 Å². The van der Waals surface area contributed by atoms with Crippen LogP contribution in [0.4, 0.5) is 14.6 Å². The number of nitrogens with zero attached hydrogens (tertiary/aromatic N) is 2. The van der Waals surface area contributed by atoms with Crippen LogP contribution in [0.2, 0.25) is 0 Å². The molecule has 3 aromatic rings. The Morgan fingerprint density at radius 2 is 2.14 bits per heavy atom. The van der Waals surface area contributed by atoms with Crippen molar-refractivity contribution in [1.82, 2.24) is 15.0 Å². The quantitative estimate of drug-likeness (QED) is 0.571. The fraction of sp³-hybridized carbons (Fsp3) is 0.0833. The number of nitrogens with two attached hydrogens (primary N) is 1. The molecule has 0 aliphatic heterocycles. The Bertz CT molecular complexity index is 877. The van der Waals surface area contributed by atoms with E-state index in [2.05, 4.69) is 15.0 Å². The van der Waals surface area contributed by atoms with Gasteiger partial charge in [-0.3, -0.25) is 9.78 Å². The summed E-state index contributed by atoms with van der Waals surface area (Å²) >= 11 is 2.03. The first-order valence-electron chi connectivity index (χ1n) is 5.76. The first kappa shape index (κ1) is 14.0. The molecule has 0 radical (unpaired) electrons.